The van der Waals surface area contributed by atoms with E-state index in [-0.39, 0.29) is 6.10 Å². The van der Waals surface area contributed by atoms with Crippen LogP contribution in [0.2, 0.25) is 0 Å². The Labute approximate surface area is 106 Å². The van der Waals surface area contributed by atoms with Gasteiger partial charge in [-0.25, -0.2) is 4.79 Å². The molecule has 1 atom stereocenters. The lowest BCUT2D eigenvalue weighted by atomic mass is 10.1. The Morgan fingerprint density at radius 1 is 1.50 bits per heavy atom. The van der Waals surface area contributed by atoms with Gasteiger partial charge in [-0.2, -0.15) is 0 Å². The van der Waals surface area contributed by atoms with Crippen molar-refractivity contribution >= 4 is 17.9 Å². The van der Waals surface area contributed by atoms with Gasteiger partial charge in [0.1, 0.15) is 18.1 Å². The Morgan fingerprint density at radius 3 is 2.78 bits per heavy atom. The van der Waals surface area contributed by atoms with Crippen molar-refractivity contribution in [2.24, 2.45) is 0 Å². The van der Waals surface area contributed by atoms with Gasteiger partial charge in [-0.3, -0.25) is 0 Å². The SMILES string of the molecule is CCC(CC=O)Oc1cc(C(=O)OC)ccc1N. The number of ether oxygens (including phenoxy) is 2. The molecule has 0 heterocycles. The maximum absolute atomic E-state index is 11.4. The Morgan fingerprint density at radius 2 is 2.22 bits per heavy atom. The molecule has 5 nitrogen and oxygen atoms in total. The highest BCUT2D eigenvalue weighted by Crippen LogP contribution is 2.25. The Hall–Kier alpha value is -2.04. The van der Waals surface area contributed by atoms with Gasteiger partial charge in [0.2, 0.25) is 0 Å². The van der Waals surface area contributed by atoms with Crippen LogP contribution in [-0.2, 0) is 9.53 Å². The van der Waals surface area contributed by atoms with E-state index in [1.54, 1.807) is 12.1 Å². The topological polar surface area (TPSA) is 78.6 Å². The zero-order valence-corrected chi connectivity index (χ0v) is 10.5. The molecule has 0 amide bonds. The lowest BCUT2D eigenvalue weighted by molar-refractivity contribution is -0.109. The summed E-state index contributed by atoms with van der Waals surface area (Å²) in [7, 11) is 1.31. The first-order valence-corrected chi connectivity index (χ1v) is 5.70. The van der Waals surface area contributed by atoms with Crippen molar-refractivity contribution < 1.29 is 19.1 Å². The molecule has 0 fully saturated rings. The highest BCUT2D eigenvalue weighted by Gasteiger charge is 2.13. The monoisotopic (exact) mass is 251 g/mol. The van der Waals surface area contributed by atoms with Crippen LogP contribution in [0.5, 0.6) is 5.75 Å². The molecule has 1 rings (SSSR count). The molecule has 98 valence electrons. The largest absolute Gasteiger partial charge is 0.488 e. The summed E-state index contributed by atoms with van der Waals surface area (Å²) < 4.78 is 10.2. The quantitative estimate of drug-likeness (QED) is 0.474. The first-order valence-electron chi connectivity index (χ1n) is 5.70. The molecule has 1 unspecified atom stereocenters. The van der Waals surface area contributed by atoms with Crippen LogP contribution < -0.4 is 10.5 Å². The molecule has 0 aliphatic rings. The van der Waals surface area contributed by atoms with Crippen molar-refractivity contribution in [3.63, 3.8) is 0 Å². The lowest BCUT2D eigenvalue weighted by Crippen LogP contribution is -2.17. The van der Waals surface area contributed by atoms with Crippen molar-refractivity contribution in [1.82, 2.24) is 0 Å². The van der Waals surface area contributed by atoms with Crippen LogP contribution in [0.1, 0.15) is 30.1 Å². The number of methoxy groups -OCH3 is 1. The molecule has 0 bridgehead atoms. The number of carbonyl (C=O) groups is 2. The number of rotatable bonds is 6. The zero-order valence-electron chi connectivity index (χ0n) is 10.5. The van der Waals surface area contributed by atoms with E-state index in [1.807, 2.05) is 6.92 Å². The van der Waals surface area contributed by atoms with E-state index in [1.165, 1.54) is 13.2 Å². The molecule has 0 aliphatic heterocycles. The number of esters is 1. The van der Waals surface area contributed by atoms with Gasteiger partial charge in [-0.15, -0.1) is 0 Å². The Bertz CT molecular complexity index is 431. The third-order valence-corrected chi connectivity index (χ3v) is 2.54. The highest BCUT2D eigenvalue weighted by atomic mass is 16.5. The van der Waals surface area contributed by atoms with E-state index in [0.717, 1.165) is 6.29 Å². The van der Waals surface area contributed by atoms with Crippen molar-refractivity contribution in [2.75, 3.05) is 12.8 Å². The van der Waals surface area contributed by atoms with Crippen LogP contribution >= 0.6 is 0 Å². The second kappa shape index (κ2) is 6.64. The van der Waals surface area contributed by atoms with Crippen molar-refractivity contribution in [3.05, 3.63) is 23.8 Å². The number of carbonyl (C=O) groups excluding carboxylic acids is 2. The predicted molar refractivity (Wildman–Crippen MR) is 67.6 cm³/mol. The van der Waals surface area contributed by atoms with Crippen LogP contribution in [0.15, 0.2) is 18.2 Å². The molecule has 0 aliphatic carbocycles. The molecule has 18 heavy (non-hydrogen) atoms. The Kier molecular flexibility index (Phi) is 5.17. The van der Waals surface area contributed by atoms with E-state index >= 15 is 0 Å². The van der Waals surface area contributed by atoms with E-state index in [4.69, 9.17) is 10.5 Å². The summed E-state index contributed by atoms with van der Waals surface area (Å²) in [5.41, 5.74) is 6.55. The predicted octanol–water partition coefficient (Wildman–Crippen LogP) is 1.80. The first kappa shape index (κ1) is 14.0. The van der Waals surface area contributed by atoms with Gasteiger partial charge in [0.15, 0.2) is 0 Å². The first-order chi connectivity index (χ1) is 8.62. The van der Waals surface area contributed by atoms with Crippen LogP contribution in [0.3, 0.4) is 0 Å². The van der Waals surface area contributed by atoms with E-state index in [9.17, 15) is 9.59 Å². The third-order valence-electron chi connectivity index (χ3n) is 2.54. The summed E-state index contributed by atoms with van der Waals surface area (Å²) in [5.74, 6) is -0.0603. The molecule has 0 aromatic heterocycles. The maximum atomic E-state index is 11.4. The molecule has 5 heteroatoms. The Balaban J connectivity index is 2.92. The summed E-state index contributed by atoms with van der Waals surface area (Å²) in [5, 5.41) is 0. The molecule has 1 aromatic carbocycles. The summed E-state index contributed by atoms with van der Waals surface area (Å²) >= 11 is 0. The normalized spacial score (nSPS) is 11.7. The summed E-state index contributed by atoms with van der Waals surface area (Å²) in [6.07, 6.45) is 1.53. The van der Waals surface area contributed by atoms with Gasteiger partial charge in [-0.1, -0.05) is 6.92 Å². The number of aldehydes is 1. The number of nitrogen functional groups attached to an aromatic ring is 1. The number of hydrogen-bond acceptors (Lipinski definition) is 5. The van der Waals surface area contributed by atoms with Crippen LogP contribution in [0.4, 0.5) is 5.69 Å². The smallest absolute Gasteiger partial charge is 0.337 e. The average molecular weight is 251 g/mol. The van der Waals surface area contributed by atoms with Crippen molar-refractivity contribution in [3.8, 4) is 5.75 Å². The fourth-order valence-electron chi connectivity index (χ4n) is 1.47. The summed E-state index contributed by atoms with van der Waals surface area (Å²) in [4.78, 5) is 21.9. The number of nitrogens with two attached hydrogens (primary N) is 1. The zero-order chi connectivity index (χ0) is 13.5. The fraction of sp³-hybridized carbons (Fsp3) is 0.385. The maximum Gasteiger partial charge on any atom is 0.337 e. The van der Waals surface area contributed by atoms with Crippen LogP contribution in [0, 0.1) is 0 Å². The molecule has 0 saturated heterocycles. The minimum absolute atomic E-state index is 0.238. The molecule has 0 saturated carbocycles. The molecular weight excluding hydrogens is 234 g/mol. The van der Waals surface area contributed by atoms with E-state index in [2.05, 4.69) is 4.74 Å². The highest BCUT2D eigenvalue weighted by molar-refractivity contribution is 5.90. The van der Waals surface area contributed by atoms with Gasteiger partial charge >= 0.3 is 5.97 Å². The third kappa shape index (κ3) is 3.48. The molecular formula is C13H17NO4. The summed E-state index contributed by atoms with van der Waals surface area (Å²) in [6, 6.07) is 4.67. The molecule has 1 aromatic rings. The average Bonchev–Trinajstić information content (AvgIpc) is 2.39. The van der Waals surface area contributed by atoms with Crippen molar-refractivity contribution in [2.45, 2.75) is 25.9 Å². The number of hydrogen-bond donors (Lipinski definition) is 1. The molecule has 0 spiro atoms. The van der Waals surface area contributed by atoms with Gasteiger partial charge in [0.05, 0.1) is 18.4 Å². The van der Waals surface area contributed by atoms with Crippen molar-refractivity contribution in [1.29, 1.82) is 0 Å². The van der Waals surface area contributed by atoms with Gasteiger partial charge in [-0.05, 0) is 24.6 Å². The van der Waals surface area contributed by atoms with Gasteiger partial charge < -0.3 is 20.0 Å². The summed E-state index contributed by atoms with van der Waals surface area (Å²) in [6.45, 7) is 1.91. The van der Waals surface area contributed by atoms with E-state index < -0.39 is 5.97 Å². The van der Waals surface area contributed by atoms with Gasteiger partial charge in [0.25, 0.3) is 0 Å². The second-order valence-corrected chi connectivity index (χ2v) is 3.79. The standard InChI is InChI=1S/C13H17NO4/c1-3-10(6-7-15)18-12-8-9(13(16)17-2)4-5-11(12)14/h4-5,7-8,10H,3,6,14H2,1-2H3. The minimum Gasteiger partial charge on any atom is -0.488 e. The fourth-order valence-corrected chi connectivity index (χ4v) is 1.47. The minimum atomic E-state index is -0.455. The second-order valence-electron chi connectivity index (χ2n) is 3.79. The number of benzene rings is 1. The number of anilines is 1. The molecule has 0 radical (unpaired) electrons. The van der Waals surface area contributed by atoms with E-state index in [0.29, 0.717) is 29.8 Å². The van der Waals surface area contributed by atoms with Crippen LogP contribution in [-0.4, -0.2) is 25.5 Å². The van der Waals surface area contributed by atoms with Gasteiger partial charge in [0, 0.05) is 6.42 Å². The molecule has 2 N–H and O–H groups in total. The lowest BCUT2D eigenvalue weighted by Gasteiger charge is -2.17. The van der Waals surface area contributed by atoms with Crippen LogP contribution in [0.25, 0.3) is 0 Å².